The molecule has 2 aliphatic rings. The third-order valence-corrected chi connectivity index (χ3v) is 6.20. The van der Waals surface area contributed by atoms with Gasteiger partial charge in [0.25, 0.3) is 0 Å². The summed E-state index contributed by atoms with van der Waals surface area (Å²) in [5, 5.41) is 4.70. The first kappa shape index (κ1) is 15.0. The van der Waals surface area contributed by atoms with E-state index in [0.717, 1.165) is 23.3 Å². The molecular weight excluding hydrogens is 334 g/mol. The van der Waals surface area contributed by atoms with Gasteiger partial charge in [0.05, 0.1) is 5.69 Å². The number of aromatic nitrogens is 5. The molecule has 0 bridgehead atoms. The smallest absolute Gasteiger partial charge is 0.183 e. The fraction of sp³-hybridized carbons (Fsp3) is 0.273. The van der Waals surface area contributed by atoms with Crippen molar-refractivity contribution in [1.82, 2.24) is 24.6 Å². The van der Waals surface area contributed by atoms with Gasteiger partial charge in [-0.2, -0.15) is 0 Å². The van der Waals surface area contributed by atoms with Gasteiger partial charge in [0.2, 0.25) is 0 Å². The number of hydrogen-bond donors (Lipinski definition) is 0. The van der Waals surface area contributed by atoms with E-state index in [0.29, 0.717) is 5.82 Å². The van der Waals surface area contributed by atoms with Crippen LogP contribution in [0.3, 0.4) is 0 Å². The van der Waals surface area contributed by atoms with E-state index in [-0.39, 0.29) is 5.41 Å². The van der Waals surface area contributed by atoms with Gasteiger partial charge in [0, 0.05) is 34.5 Å². The lowest BCUT2D eigenvalue weighted by atomic mass is 9.68. The van der Waals surface area contributed by atoms with Crippen molar-refractivity contribution in [2.24, 2.45) is 0 Å². The second-order valence-electron chi connectivity index (χ2n) is 7.73. The minimum atomic E-state index is 0.137. The van der Waals surface area contributed by atoms with Gasteiger partial charge >= 0.3 is 0 Å². The van der Waals surface area contributed by atoms with E-state index in [1.807, 2.05) is 29.2 Å². The van der Waals surface area contributed by atoms with E-state index in [9.17, 15) is 0 Å². The van der Waals surface area contributed by atoms with Crippen molar-refractivity contribution in [3.05, 3.63) is 66.2 Å². The molecule has 0 N–H and O–H groups in total. The quantitative estimate of drug-likeness (QED) is 0.514. The van der Waals surface area contributed by atoms with Gasteiger partial charge in [-0.3, -0.25) is 4.98 Å². The van der Waals surface area contributed by atoms with Gasteiger partial charge in [-0.05, 0) is 37.0 Å². The van der Waals surface area contributed by atoms with Gasteiger partial charge in [0.15, 0.2) is 11.5 Å². The molecule has 0 unspecified atom stereocenters. The number of benzene rings is 1. The fourth-order valence-electron chi connectivity index (χ4n) is 5.00. The molecule has 0 atom stereocenters. The van der Waals surface area contributed by atoms with Crippen molar-refractivity contribution in [2.75, 3.05) is 0 Å². The Balaban J connectivity index is 1.66. The number of rotatable bonds is 1. The molecular formula is C22H19N5. The van der Waals surface area contributed by atoms with Crippen LogP contribution in [-0.2, 0) is 11.8 Å². The van der Waals surface area contributed by atoms with Crippen LogP contribution in [0, 0.1) is 0 Å². The fourth-order valence-corrected chi connectivity index (χ4v) is 5.00. The molecule has 1 saturated carbocycles. The van der Waals surface area contributed by atoms with Crippen molar-refractivity contribution in [1.29, 1.82) is 0 Å². The first-order valence-electron chi connectivity index (χ1n) is 9.59. The van der Waals surface area contributed by atoms with Gasteiger partial charge in [-0.15, -0.1) is 5.10 Å². The summed E-state index contributed by atoms with van der Waals surface area (Å²) in [6, 6.07) is 12.6. The molecule has 132 valence electrons. The van der Waals surface area contributed by atoms with Gasteiger partial charge in [-0.1, -0.05) is 37.1 Å². The number of pyridine rings is 1. The molecule has 1 spiro atoms. The summed E-state index contributed by atoms with van der Waals surface area (Å²) in [5.41, 5.74) is 7.08. The van der Waals surface area contributed by atoms with Crippen LogP contribution < -0.4 is 0 Å². The highest BCUT2D eigenvalue weighted by atomic mass is 15.3. The molecule has 0 radical (unpaired) electrons. The zero-order valence-corrected chi connectivity index (χ0v) is 15.0. The van der Waals surface area contributed by atoms with Crippen LogP contribution in [0.25, 0.3) is 28.3 Å². The number of hydrogen-bond acceptors (Lipinski definition) is 4. The molecule has 0 amide bonds. The van der Waals surface area contributed by atoms with Crippen LogP contribution in [0.2, 0.25) is 0 Å². The SMILES string of the molecule is c1cncc(-c2nc3c4c(ncn3n2)-c2ccccc2CC42CCCC2)c1. The molecule has 2 aliphatic carbocycles. The summed E-state index contributed by atoms with van der Waals surface area (Å²) in [7, 11) is 0. The topological polar surface area (TPSA) is 56.0 Å². The highest BCUT2D eigenvalue weighted by molar-refractivity contribution is 5.78. The van der Waals surface area contributed by atoms with Crippen molar-refractivity contribution in [3.63, 3.8) is 0 Å². The van der Waals surface area contributed by atoms with E-state index >= 15 is 0 Å². The zero-order chi connectivity index (χ0) is 17.8. The average molecular weight is 353 g/mol. The summed E-state index contributed by atoms with van der Waals surface area (Å²) < 4.78 is 1.86. The number of fused-ring (bicyclic) bond motifs is 6. The monoisotopic (exact) mass is 353 g/mol. The molecule has 1 aromatic carbocycles. The third kappa shape index (κ3) is 2.11. The maximum atomic E-state index is 4.96. The molecule has 0 saturated heterocycles. The second-order valence-corrected chi connectivity index (χ2v) is 7.73. The molecule has 5 heteroatoms. The number of nitrogens with zero attached hydrogens (tertiary/aromatic N) is 5. The van der Waals surface area contributed by atoms with E-state index in [2.05, 4.69) is 29.2 Å². The third-order valence-electron chi connectivity index (χ3n) is 6.20. The molecule has 3 aromatic heterocycles. The van der Waals surface area contributed by atoms with Crippen LogP contribution >= 0.6 is 0 Å². The van der Waals surface area contributed by atoms with Crippen LogP contribution in [0.5, 0.6) is 0 Å². The zero-order valence-electron chi connectivity index (χ0n) is 15.0. The van der Waals surface area contributed by atoms with Crippen molar-refractivity contribution in [2.45, 2.75) is 37.5 Å². The minimum absolute atomic E-state index is 0.137. The van der Waals surface area contributed by atoms with E-state index in [1.54, 1.807) is 6.20 Å². The Morgan fingerprint density at radius 3 is 2.74 bits per heavy atom. The molecule has 5 nitrogen and oxygen atoms in total. The highest BCUT2D eigenvalue weighted by Gasteiger charge is 2.43. The Bertz CT molecular complexity index is 1160. The Morgan fingerprint density at radius 2 is 1.89 bits per heavy atom. The molecule has 3 heterocycles. The van der Waals surface area contributed by atoms with Crippen LogP contribution in [0.4, 0.5) is 0 Å². The van der Waals surface area contributed by atoms with Crippen LogP contribution in [-0.4, -0.2) is 24.6 Å². The van der Waals surface area contributed by atoms with E-state index < -0.39 is 0 Å². The second kappa shape index (κ2) is 5.46. The van der Waals surface area contributed by atoms with Gasteiger partial charge < -0.3 is 0 Å². The van der Waals surface area contributed by atoms with Crippen molar-refractivity contribution >= 4 is 5.65 Å². The summed E-state index contributed by atoms with van der Waals surface area (Å²) in [6.07, 6.45) is 11.4. The maximum absolute atomic E-state index is 4.96. The summed E-state index contributed by atoms with van der Waals surface area (Å²) in [4.78, 5) is 14.0. The normalized spacial score (nSPS) is 17.2. The predicted molar refractivity (Wildman–Crippen MR) is 103 cm³/mol. The summed E-state index contributed by atoms with van der Waals surface area (Å²) >= 11 is 0. The van der Waals surface area contributed by atoms with E-state index in [4.69, 9.17) is 15.1 Å². The van der Waals surface area contributed by atoms with Crippen molar-refractivity contribution < 1.29 is 0 Å². The lowest BCUT2D eigenvalue weighted by molar-refractivity contribution is 0.433. The Kier molecular flexibility index (Phi) is 3.04. The lowest BCUT2D eigenvalue weighted by Gasteiger charge is -2.36. The average Bonchev–Trinajstić information content (AvgIpc) is 3.36. The predicted octanol–water partition coefficient (Wildman–Crippen LogP) is 4.22. The molecule has 0 aliphatic heterocycles. The molecule has 6 rings (SSSR count). The first-order valence-corrected chi connectivity index (χ1v) is 9.59. The largest absolute Gasteiger partial charge is 0.264 e. The van der Waals surface area contributed by atoms with Gasteiger partial charge in [0.1, 0.15) is 6.33 Å². The van der Waals surface area contributed by atoms with Crippen LogP contribution in [0.1, 0.15) is 36.8 Å². The Morgan fingerprint density at radius 1 is 1.00 bits per heavy atom. The Labute approximate surface area is 157 Å². The molecule has 1 fully saturated rings. The molecule has 4 aromatic rings. The van der Waals surface area contributed by atoms with E-state index in [1.165, 1.54) is 42.4 Å². The first-order chi connectivity index (χ1) is 13.3. The standard InChI is InChI=1S/C22H19N5/c1-2-8-17-15(6-1)12-22(9-3-4-10-22)18-19(17)24-14-27-21(18)25-20(26-27)16-7-5-11-23-13-16/h1-2,5-8,11,13-14H,3-4,9-10,12H2. The maximum Gasteiger partial charge on any atom is 0.183 e. The van der Waals surface area contributed by atoms with Gasteiger partial charge in [-0.25, -0.2) is 14.5 Å². The highest BCUT2D eigenvalue weighted by Crippen LogP contribution is 2.52. The summed E-state index contributed by atoms with van der Waals surface area (Å²) in [6.45, 7) is 0. The lowest BCUT2D eigenvalue weighted by Crippen LogP contribution is -2.31. The molecule has 27 heavy (non-hydrogen) atoms. The van der Waals surface area contributed by atoms with Crippen LogP contribution in [0.15, 0.2) is 55.1 Å². The Hall–Kier alpha value is -3.08. The van der Waals surface area contributed by atoms with Crippen molar-refractivity contribution in [3.8, 4) is 22.6 Å². The minimum Gasteiger partial charge on any atom is -0.264 e. The summed E-state index contributed by atoms with van der Waals surface area (Å²) in [5.74, 6) is 0.713.